The number of nitrogens with zero attached hydrogens (tertiary/aromatic N) is 3. The van der Waals surface area contributed by atoms with Crippen molar-refractivity contribution < 1.29 is 4.74 Å². The molecule has 0 atom stereocenters. The highest BCUT2D eigenvalue weighted by Gasteiger charge is 2.14. The van der Waals surface area contributed by atoms with Gasteiger partial charge in [0, 0.05) is 10.9 Å². The molecule has 3 aromatic rings. The van der Waals surface area contributed by atoms with Gasteiger partial charge >= 0.3 is 0 Å². The number of aromatic nitrogens is 3. The zero-order valence-electron chi connectivity index (χ0n) is 11.3. The molecule has 0 saturated heterocycles. The van der Waals surface area contributed by atoms with E-state index >= 15 is 0 Å². The van der Waals surface area contributed by atoms with E-state index in [1.54, 1.807) is 18.4 Å². The Labute approximate surface area is 126 Å². The van der Waals surface area contributed by atoms with Crippen LogP contribution in [0.2, 0.25) is 0 Å². The van der Waals surface area contributed by atoms with Gasteiger partial charge in [-0.05, 0) is 30.0 Å². The highest BCUT2D eigenvalue weighted by atomic mass is 35.5. The fraction of sp³-hybridized carbons (Fsp3) is 0.286. The molecule has 0 aromatic carbocycles. The fourth-order valence-electron chi connectivity index (χ4n) is 2.12. The number of hydrogen-bond acceptors (Lipinski definition) is 4. The molecular weight excluding hydrogens is 294 g/mol. The third-order valence-corrected chi connectivity index (χ3v) is 4.49. The second kappa shape index (κ2) is 5.42. The first-order chi connectivity index (χ1) is 9.72. The normalized spacial score (nSPS) is 11.2. The number of fused-ring (bicyclic) bond motifs is 1. The van der Waals surface area contributed by atoms with Crippen LogP contribution in [0, 0.1) is 6.92 Å². The van der Waals surface area contributed by atoms with Crippen molar-refractivity contribution in [1.29, 1.82) is 0 Å². The number of thiophene rings is 1. The van der Waals surface area contributed by atoms with E-state index in [2.05, 4.69) is 32.9 Å². The quantitative estimate of drug-likeness (QED) is 0.691. The van der Waals surface area contributed by atoms with Gasteiger partial charge in [0.2, 0.25) is 5.88 Å². The lowest BCUT2D eigenvalue weighted by Gasteiger charge is -2.07. The molecule has 0 radical (unpaired) electrons. The standard InChI is InChI=1S/C14H14ClN3OS/c1-9-5-6-20-11(9)8-18-12(7-15)16-10-3-4-13(19-2)17-14(10)18/h3-6H,7-8H2,1-2H3. The number of methoxy groups -OCH3 is 1. The van der Waals surface area contributed by atoms with E-state index in [0.717, 1.165) is 23.5 Å². The van der Waals surface area contributed by atoms with Gasteiger partial charge in [0.15, 0.2) is 5.65 Å². The zero-order chi connectivity index (χ0) is 14.1. The molecule has 0 amide bonds. The summed E-state index contributed by atoms with van der Waals surface area (Å²) in [6.45, 7) is 2.85. The Morgan fingerprint density at radius 2 is 2.15 bits per heavy atom. The number of alkyl halides is 1. The highest BCUT2D eigenvalue weighted by molar-refractivity contribution is 7.10. The van der Waals surface area contributed by atoms with E-state index in [9.17, 15) is 0 Å². The van der Waals surface area contributed by atoms with Crippen molar-refractivity contribution in [2.75, 3.05) is 7.11 Å². The second-order valence-corrected chi connectivity index (χ2v) is 5.74. The summed E-state index contributed by atoms with van der Waals surface area (Å²) >= 11 is 7.75. The molecule has 0 unspecified atom stereocenters. The Kier molecular flexibility index (Phi) is 3.63. The number of halogens is 1. The summed E-state index contributed by atoms with van der Waals surface area (Å²) < 4.78 is 7.26. The molecule has 3 rings (SSSR count). The van der Waals surface area contributed by atoms with Crippen LogP contribution in [0.5, 0.6) is 5.88 Å². The van der Waals surface area contributed by atoms with E-state index in [-0.39, 0.29) is 0 Å². The molecule has 0 N–H and O–H groups in total. The Balaban J connectivity index is 2.13. The minimum absolute atomic E-state index is 0.364. The predicted molar refractivity (Wildman–Crippen MR) is 81.8 cm³/mol. The lowest BCUT2D eigenvalue weighted by Crippen LogP contribution is -2.04. The van der Waals surface area contributed by atoms with Crippen molar-refractivity contribution >= 4 is 34.1 Å². The summed E-state index contributed by atoms with van der Waals surface area (Å²) in [5.74, 6) is 1.78. The first kappa shape index (κ1) is 13.4. The van der Waals surface area contributed by atoms with Crippen LogP contribution < -0.4 is 4.74 Å². The maximum atomic E-state index is 6.02. The highest BCUT2D eigenvalue weighted by Crippen LogP contribution is 2.23. The van der Waals surface area contributed by atoms with Crippen molar-refractivity contribution in [3.05, 3.63) is 39.8 Å². The zero-order valence-corrected chi connectivity index (χ0v) is 12.8. The maximum absolute atomic E-state index is 6.02. The average Bonchev–Trinajstić information content (AvgIpc) is 3.03. The number of aryl methyl sites for hydroxylation is 1. The van der Waals surface area contributed by atoms with Gasteiger partial charge in [0.05, 0.1) is 19.5 Å². The molecule has 0 spiro atoms. The Morgan fingerprint density at radius 1 is 1.30 bits per heavy atom. The lowest BCUT2D eigenvalue weighted by atomic mass is 10.3. The number of rotatable bonds is 4. The van der Waals surface area contributed by atoms with Crippen molar-refractivity contribution in [1.82, 2.24) is 14.5 Å². The monoisotopic (exact) mass is 307 g/mol. The van der Waals surface area contributed by atoms with Gasteiger partial charge in [-0.3, -0.25) is 0 Å². The van der Waals surface area contributed by atoms with Crippen LogP contribution in [0.25, 0.3) is 11.2 Å². The van der Waals surface area contributed by atoms with Gasteiger partial charge in [-0.2, -0.15) is 4.98 Å². The smallest absolute Gasteiger partial charge is 0.215 e. The summed E-state index contributed by atoms with van der Waals surface area (Å²) in [6, 6.07) is 5.84. The van der Waals surface area contributed by atoms with E-state index in [0.29, 0.717) is 11.8 Å². The molecule has 0 fully saturated rings. The van der Waals surface area contributed by atoms with E-state index in [1.165, 1.54) is 10.4 Å². The molecule has 4 nitrogen and oxygen atoms in total. The molecule has 0 aliphatic heterocycles. The predicted octanol–water partition coefficient (Wildman–Crippen LogP) is 3.60. The maximum Gasteiger partial charge on any atom is 0.215 e. The van der Waals surface area contributed by atoms with Crippen LogP contribution in [0.3, 0.4) is 0 Å². The molecule has 0 aliphatic rings. The number of ether oxygens (including phenoxy) is 1. The van der Waals surface area contributed by atoms with Crippen LogP contribution in [-0.2, 0) is 12.4 Å². The molecule has 0 saturated carbocycles. The summed E-state index contributed by atoms with van der Waals surface area (Å²) in [5, 5.41) is 2.10. The van der Waals surface area contributed by atoms with Crippen molar-refractivity contribution in [3.8, 4) is 5.88 Å². The molecule has 104 valence electrons. The number of hydrogen-bond donors (Lipinski definition) is 0. The molecule has 3 heterocycles. The van der Waals surface area contributed by atoms with Gasteiger partial charge in [-0.25, -0.2) is 4.98 Å². The Morgan fingerprint density at radius 3 is 2.80 bits per heavy atom. The minimum atomic E-state index is 0.364. The van der Waals surface area contributed by atoms with E-state index in [1.807, 2.05) is 12.1 Å². The van der Waals surface area contributed by atoms with Crippen LogP contribution >= 0.6 is 22.9 Å². The van der Waals surface area contributed by atoms with E-state index in [4.69, 9.17) is 16.3 Å². The minimum Gasteiger partial charge on any atom is -0.481 e. The van der Waals surface area contributed by atoms with Crippen molar-refractivity contribution in [3.63, 3.8) is 0 Å². The van der Waals surface area contributed by atoms with Crippen LogP contribution in [-0.4, -0.2) is 21.6 Å². The van der Waals surface area contributed by atoms with Crippen LogP contribution in [0.4, 0.5) is 0 Å². The lowest BCUT2D eigenvalue weighted by molar-refractivity contribution is 0.399. The van der Waals surface area contributed by atoms with Gasteiger partial charge < -0.3 is 9.30 Å². The number of imidazole rings is 1. The molecule has 0 bridgehead atoms. The topological polar surface area (TPSA) is 39.9 Å². The fourth-order valence-corrected chi connectivity index (χ4v) is 3.22. The summed E-state index contributed by atoms with van der Waals surface area (Å²) in [7, 11) is 1.61. The largest absolute Gasteiger partial charge is 0.481 e. The molecule has 6 heteroatoms. The first-order valence-corrected chi connectivity index (χ1v) is 7.63. The van der Waals surface area contributed by atoms with Gasteiger partial charge in [-0.15, -0.1) is 22.9 Å². The Hall–Kier alpha value is -1.59. The van der Waals surface area contributed by atoms with Gasteiger partial charge in [-0.1, -0.05) is 0 Å². The SMILES string of the molecule is COc1ccc2nc(CCl)n(Cc3sccc3C)c2n1. The Bertz CT molecular complexity index is 750. The molecular formula is C14H14ClN3OS. The van der Waals surface area contributed by atoms with Gasteiger partial charge in [0.25, 0.3) is 0 Å². The third-order valence-electron chi connectivity index (χ3n) is 3.24. The average molecular weight is 308 g/mol. The summed E-state index contributed by atoms with van der Waals surface area (Å²) in [4.78, 5) is 10.3. The van der Waals surface area contributed by atoms with Crippen molar-refractivity contribution in [2.24, 2.45) is 0 Å². The van der Waals surface area contributed by atoms with Gasteiger partial charge in [0.1, 0.15) is 11.3 Å². The summed E-state index contributed by atoms with van der Waals surface area (Å²) in [5.41, 5.74) is 2.93. The third kappa shape index (κ3) is 2.27. The number of pyridine rings is 1. The molecule has 0 aliphatic carbocycles. The second-order valence-electron chi connectivity index (χ2n) is 4.47. The van der Waals surface area contributed by atoms with E-state index < -0.39 is 0 Å². The molecule has 3 aromatic heterocycles. The molecule has 20 heavy (non-hydrogen) atoms. The van der Waals surface area contributed by atoms with Crippen LogP contribution in [0.1, 0.15) is 16.3 Å². The van der Waals surface area contributed by atoms with Crippen LogP contribution in [0.15, 0.2) is 23.6 Å². The summed E-state index contributed by atoms with van der Waals surface area (Å²) in [6.07, 6.45) is 0. The first-order valence-electron chi connectivity index (χ1n) is 6.22. The van der Waals surface area contributed by atoms with Crippen molar-refractivity contribution in [2.45, 2.75) is 19.3 Å².